The third-order valence-corrected chi connectivity index (χ3v) is 4.78. The summed E-state index contributed by atoms with van der Waals surface area (Å²) in [7, 11) is 1.97. The molecule has 3 nitrogen and oxygen atoms in total. The molecule has 0 spiro atoms. The smallest absolute Gasteiger partial charge is 0.0860 e. The van der Waals surface area contributed by atoms with Gasteiger partial charge >= 0.3 is 0 Å². The fourth-order valence-corrected chi connectivity index (χ4v) is 3.44. The van der Waals surface area contributed by atoms with E-state index in [2.05, 4.69) is 25.9 Å². The molecular weight excluding hydrogens is 302 g/mol. The molecule has 1 aromatic rings. The van der Waals surface area contributed by atoms with Crippen LogP contribution in [0.2, 0.25) is 5.02 Å². The quantitative estimate of drug-likeness (QED) is 0.798. The molecular formula is C12H19BrClN3. The Morgan fingerprint density at radius 3 is 2.82 bits per heavy atom. The molecule has 2 heterocycles. The highest BCUT2D eigenvalue weighted by Crippen LogP contribution is 2.25. The highest BCUT2D eigenvalue weighted by atomic mass is 79.9. The van der Waals surface area contributed by atoms with Crippen molar-refractivity contribution in [2.75, 3.05) is 11.9 Å². The van der Waals surface area contributed by atoms with Crippen molar-refractivity contribution >= 4 is 27.5 Å². The fourth-order valence-electron chi connectivity index (χ4n) is 2.49. The van der Waals surface area contributed by atoms with Crippen LogP contribution in [0.5, 0.6) is 0 Å². The third-order valence-electron chi connectivity index (χ3n) is 3.54. The van der Waals surface area contributed by atoms with Crippen molar-refractivity contribution < 1.29 is 0 Å². The number of piperidine rings is 1. The molecule has 1 saturated heterocycles. The largest absolute Gasteiger partial charge is 0.294 e. The molecule has 96 valence electrons. The van der Waals surface area contributed by atoms with Crippen molar-refractivity contribution in [3.05, 3.63) is 16.4 Å². The molecule has 0 N–H and O–H groups in total. The van der Waals surface area contributed by atoms with Gasteiger partial charge in [-0.15, -0.1) is 0 Å². The Kier molecular flexibility index (Phi) is 4.50. The number of likely N-dealkylation sites (tertiary alicyclic amines) is 1. The Morgan fingerprint density at radius 2 is 2.24 bits per heavy atom. The molecule has 0 amide bonds. The van der Waals surface area contributed by atoms with Crippen LogP contribution >= 0.6 is 27.5 Å². The summed E-state index contributed by atoms with van der Waals surface area (Å²) in [6.45, 7) is 4.03. The molecule has 0 aliphatic carbocycles. The average Bonchev–Trinajstić information content (AvgIpc) is 2.57. The molecule has 0 bridgehead atoms. The summed E-state index contributed by atoms with van der Waals surface area (Å²) in [6.07, 6.45) is 3.91. The van der Waals surface area contributed by atoms with E-state index in [1.54, 1.807) is 0 Å². The maximum atomic E-state index is 6.30. The van der Waals surface area contributed by atoms with Crippen LogP contribution in [0.25, 0.3) is 0 Å². The first-order chi connectivity index (χ1) is 8.13. The van der Waals surface area contributed by atoms with Crippen LogP contribution < -0.4 is 0 Å². The van der Waals surface area contributed by atoms with Gasteiger partial charge in [0.1, 0.15) is 0 Å². The maximum absolute atomic E-state index is 6.30. The predicted octanol–water partition coefficient (Wildman–Crippen LogP) is 3.13. The Balaban J connectivity index is 2.13. The van der Waals surface area contributed by atoms with Crippen molar-refractivity contribution in [3.63, 3.8) is 0 Å². The molecule has 1 aliphatic heterocycles. The maximum Gasteiger partial charge on any atom is 0.0860 e. The standard InChI is InChI=1S/C12H19BrClN3/c1-9-12(14)11(16(2)15-9)8-17-6-4-3-5-10(17)7-13/h10H,3-8H2,1-2H3. The summed E-state index contributed by atoms with van der Waals surface area (Å²) >= 11 is 9.91. The molecule has 1 fully saturated rings. The number of rotatable bonds is 3. The summed E-state index contributed by atoms with van der Waals surface area (Å²) in [6, 6.07) is 0.634. The first kappa shape index (κ1) is 13.4. The van der Waals surface area contributed by atoms with Gasteiger partial charge in [-0.3, -0.25) is 9.58 Å². The molecule has 0 radical (unpaired) electrons. The number of aromatic nitrogens is 2. The summed E-state index contributed by atoms with van der Waals surface area (Å²) in [5.74, 6) is 0. The lowest BCUT2D eigenvalue weighted by Gasteiger charge is -2.34. The van der Waals surface area contributed by atoms with Crippen molar-refractivity contribution in [2.24, 2.45) is 7.05 Å². The van der Waals surface area contributed by atoms with E-state index in [9.17, 15) is 0 Å². The summed E-state index contributed by atoms with van der Waals surface area (Å²) < 4.78 is 1.91. The molecule has 1 atom stereocenters. The Labute approximate surface area is 116 Å². The van der Waals surface area contributed by atoms with Crippen molar-refractivity contribution in [1.82, 2.24) is 14.7 Å². The van der Waals surface area contributed by atoms with Gasteiger partial charge in [-0.05, 0) is 26.3 Å². The van der Waals surface area contributed by atoms with Gasteiger partial charge in [-0.1, -0.05) is 34.0 Å². The predicted molar refractivity (Wildman–Crippen MR) is 74.8 cm³/mol. The summed E-state index contributed by atoms with van der Waals surface area (Å²) in [4.78, 5) is 2.51. The number of hydrogen-bond acceptors (Lipinski definition) is 2. The second-order valence-corrected chi connectivity index (χ2v) is 5.77. The van der Waals surface area contributed by atoms with Crippen LogP contribution in [-0.2, 0) is 13.6 Å². The third kappa shape index (κ3) is 2.85. The molecule has 1 aromatic heterocycles. The number of nitrogens with zero attached hydrogens (tertiary/aromatic N) is 3. The topological polar surface area (TPSA) is 21.1 Å². The monoisotopic (exact) mass is 319 g/mol. The lowest BCUT2D eigenvalue weighted by atomic mass is 10.0. The minimum atomic E-state index is 0.634. The fraction of sp³-hybridized carbons (Fsp3) is 0.750. The molecule has 1 aliphatic rings. The Hall–Kier alpha value is -0.0600. The van der Waals surface area contributed by atoms with E-state index in [0.29, 0.717) is 6.04 Å². The molecule has 0 saturated carbocycles. The van der Waals surface area contributed by atoms with Crippen LogP contribution in [-0.4, -0.2) is 32.6 Å². The van der Waals surface area contributed by atoms with Gasteiger partial charge in [0.25, 0.3) is 0 Å². The van der Waals surface area contributed by atoms with E-state index in [0.717, 1.165) is 34.8 Å². The molecule has 0 aromatic carbocycles. The minimum Gasteiger partial charge on any atom is -0.294 e. The van der Waals surface area contributed by atoms with E-state index in [1.165, 1.54) is 19.3 Å². The lowest BCUT2D eigenvalue weighted by molar-refractivity contribution is 0.153. The van der Waals surface area contributed by atoms with E-state index in [1.807, 2.05) is 18.7 Å². The van der Waals surface area contributed by atoms with Gasteiger partial charge in [-0.2, -0.15) is 5.10 Å². The number of hydrogen-bond donors (Lipinski definition) is 0. The first-order valence-corrected chi connectivity index (χ1v) is 7.61. The minimum absolute atomic E-state index is 0.634. The molecule has 5 heteroatoms. The van der Waals surface area contributed by atoms with Crippen LogP contribution in [0.1, 0.15) is 30.7 Å². The summed E-state index contributed by atoms with van der Waals surface area (Å²) in [5.41, 5.74) is 2.06. The molecule has 2 rings (SSSR count). The van der Waals surface area contributed by atoms with Gasteiger partial charge in [0, 0.05) is 25.0 Å². The van der Waals surface area contributed by atoms with Crippen LogP contribution in [0.15, 0.2) is 0 Å². The Morgan fingerprint density at radius 1 is 1.47 bits per heavy atom. The average molecular weight is 321 g/mol. The van der Waals surface area contributed by atoms with Crippen LogP contribution in [0, 0.1) is 6.92 Å². The van der Waals surface area contributed by atoms with Gasteiger partial charge in [0.2, 0.25) is 0 Å². The number of aryl methyl sites for hydroxylation is 2. The second kappa shape index (κ2) is 5.72. The van der Waals surface area contributed by atoms with Gasteiger partial charge in [-0.25, -0.2) is 0 Å². The van der Waals surface area contributed by atoms with Crippen molar-refractivity contribution in [1.29, 1.82) is 0 Å². The second-order valence-electron chi connectivity index (χ2n) is 4.74. The van der Waals surface area contributed by atoms with E-state index in [-0.39, 0.29) is 0 Å². The van der Waals surface area contributed by atoms with Gasteiger partial charge in [0.05, 0.1) is 16.4 Å². The van der Waals surface area contributed by atoms with Crippen LogP contribution in [0.3, 0.4) is 0 Å². The zero-order valence-electron chi connectivity index (χ0n) is 10.4. The van der Waals surface area contributed by atoms with E-state index in [4.69, 9.17) is 11.6 Å². The van der Waals surface area contributed by atoms with E-state index >= 15 is 0 Å². The highest BCUT2D eigenvalue weighted by Gasteiger charge is 2.23. The van der Waals surface area contributed by atoms with Crippen molar-refractivity contribution in [2.45, 2.75) is 38.8 Å². The lowest BCUT2D eigenvalue weighted by Crippen LogP contribution is -2.40. The Bertz CT molecular complexity index is 391. The normalized spacial score (nSPS) is 22.0. The SMILES string of the molecule is Cc1nn(C)c(CN2CCCCC2CBr)c1Cl. The van der Waals surface area contributed by atoms with Crippen LogP contribution in [0.4, 0.5) is 0 Å². The van der Waals surface area contributed by atoms with Gasteiger partial charge in [0.15, 0.2) is 0 Å². The number of halogens is 2. The van der Waals surface area contributed by atoms with E-state index < -0.39 is 0 Å². The molecule has 17 heavy (non-hydrogen) atoms. The summed E-state index contributed by atoms with van der Waals surface area (Å²) in [5, 5.41) is 6.24. The zero-order chi connectivity index (χ0) is 12.4. The number of alkyl halides is 1. The first-order valence-electron chi connectivity index (χ1n) is 6.11. The molecule has 1 unspecified atom stereocenters. The van der Waals surface area contributed by atoms with Gasteiger partial charge < -0.3 is 0 Å². The zero-order valence-corrected chi connectivity index (χ0v) is 12.8. The van der Waals surface area contributed by atoms with Crippen molar-refractivity contribution in [3.8, 4) is 0 Å². The highest BCUT2D eigenvalue weighted by molar-refractivity contribution is 9.09.